The predicted octanol–water partition coefficient (Wildman–Crippen LogP) is 0.669. The van der Waals surface area contributed by atoms with E-state index < -0.39 is 11.9 Å². The summed E-state index contributed by atoms with van der Waals surface area (Å²) in [4.78, 5) is 22.2. The number of hydrogen-bond donors (Lipinski definition) is 2. The summed E-state index contributed by atoms with van der Waals surface area (Å²) in [6, 6.07) is 1.63. The van der Waals surface area contributed by atoms with E-state index in [1.807, 2.05) is 0 Å². The molecule has 0 aliphatic heterocycles. The number of anilines is 1. The van der Waals surface area contributed by atoms with Gasteiger partial charge < -0.3 is 20.2 Å². The lowest BCUT2D eigenvalue weighted by atomic mass is 10.2. The Morgan fingerprint density at radius 3 is 2.95 bits per heavy atom. The molecule has 2 rings (SSSR count). The molecular weight excluding hydrogens is 276 g/mol. The molecule has 112 valence electrons. The summed E-state index contributed by atoms with van der Waals surface area (Å²) in [6.45, 7) is 2.09. The van der Waals surface area contributed by atoms with Crippen molar-refractivity contribution in [1.82, 2.24) is 9.78 Å². The van der Waals surface area contributed by atoms with Crippen LogP contribution in [0.2, 0.25) is 0 Å². The summed E-state index contributed by atoms with van der Waals surface area (Å²) >= 11 is 0. The van der Waals surface area contributed by atoms with Gasteiger partial charge in [-0.25, -0.2) is 4.79 Å². The first-order valence-electron chi connectivity index (χ1n) is 6.22. The minimum absolute atomic E-state index is 0.0219. The first kappa shape index (κ1) is 14.6. The molecule has 8 nitrogen and oxygen atoms in total. The van der Waals surface area contributed by atoms with Crippen LogP contribution in [-0.4, -0.2) is 28.8 Å². The number of primary amides is 1. The Kier molecular flexibility index (Phi) is 4.27. The van der Waals surface area contributed by atoms with Crippen molar-refractivity contribution in [3.63, 3.8) is 0 Å². The van der Waals surface area contributed by atoms with Gasteiger partial charge in [-0.3, -0.25) is 9.48 Å². The van der Waals surface area contributed by atoms with Crippen molar-refractivity contribution in [1.29, 1.82) is 0 Å². The van der Waals surface area contributed by atoms with Crippen LogP contribution in [0.15, 0.2) is 22.9 Å². The highest BCUT2D eigenvalue weighted by molar-refractivity contribution is 5.90. The molecule has 21 heavy (non-hydrogen) atoms. The molecule has 0 fully saturated rings. The lowest BCUT2D eigenvalue weighted by Crippen LogP contribution is -2.18. The number of aryl methyl sites for hydroxylation is 1. The highest BCUT2D eigenvalue weighted by Gasteiger charge is 2.15. The predicted molar refractivity (Wildman–Crippen MR) is 73.5 cm³/mol. The highest BCUT2D eigenvalue weighted by atomic mass is 16.5. The maximum atomic E-state index is 11.5. The molecule has 0 radical (unpaired) electrons. The lowest BCUT2D eigenvalue weighted by molar-refractivity contribution is -0.118. The Hall–Kier alpha value is -2.77. The Balaban J connectivity index is 1.98. The van der Waals surface area contributed by atoms with Crippen LogP contribution < -0.4 is 11.1 Å². The highest BCUT2D eigenvalue weighted by Crippen LogP contribution is 2.17. The van der Waals surface area contributed by atoms with Crippen LogP contribution >= 0.6 is 0 Å². The summed E-state index contributed by atoms with van der Waals surface area (Å²) in [7, 11) is 1.32. The van der Waals surface area contributed by atoms with E-state index in [4.69, 9.17) is 10.2 Å². The third-order valence-corrected chi connectivity index (χ3v) is 2.79. The summed E-state index contributed by atoms with van der Waals surface area (Å²) in [5.41, 5.74) is 6.20. The molecule has 0 bridgehead atoms. The maximum Gasteiger partial charge on any atom is 0.341 e. The number of nitrogens with two attached hydrogens (primary N) is 1. The molecule has 2 heterocycles. The van der Waals surface area contributed by atoms with E-state index in [9.17, 15) is 9.59 Å². The number of rotatable bonds is 6. The van der Waals surface area contributed by atoms with E-state index >= 15 is 0 Å². The van der Waals surface area contributed by atoms with Gasteiger partial charge in [-0.05, 0) is 13.0 Å². The number of carbonyl (C=O) groups is 2. The molecule has 0 aromatic carbocycles. The van der Waals surface area contributed by atoms with Gasteiger partial charge in [0.25, 0.3) is 0 Å². The molecule has 2 aromatic heterocycles. The number of ether oxygens (including phenoxy) is 1. The van der Waals surface area contributed by atoms with E-state index in [0.29, 0.717) is 29.3 Å². The Labute approximate surface area is 120 Å². The van der Waals surface area contributed by atoms with Crippen LogP contribution in [0.3, 0.4) is 0 Å². The molecule has 2 aromatic rings. The minimum Gasteiger partial charge on any atom is -0.465 e. The number of methoxy groups -OCH3 is 1. The van der Waals surface area contributed by atoms with E-state index in [1.165, 1.54) is 11.8 Å². The SMILES string of the molecule is COC(=O)c1cc(CNc2cnn(CC(N)=O)c2)oc1C. The van der Waals surface area contributed by atoms with Crippen molar-refractivity contribution in [3.8, 4) is 0 Å². The second-order valence-corrected chi connectivity index (χ2v) is 4.42. The third kappa shape index (κ3) is 3.62. The molecule has 0 unspecified atom stereocenters. The molecule has 0 aliphatic carbocycles. The van der Waals surface area contributed by atoms with Gasteiger partial charge in [-0.2, -0.15) is 5.10 Å². The van der Waals surface area contributed by atoms with Gasteiger partial charge in [0.2, 0.25) is 5.91 Å². The molecular formula is C13H16N4O4. The second-order valence-electron chi connectivity index (χ2n) is 4.42. The van der Waals surface area contributed by atoms with E-state index in [2.05, 4.69) is 15.2 Å². The van der Waals surface area contributed by atoms with Crippen molar-refractivity contribution in [3.05, 3.63) is 35.5 Å². The van der Waals surface area contributed by atoms with Gasteiger partial charge in [0, 0.05) is 6.20 Å². The topological polar surface area (TPSA) is 112 Å². The van der Waals surface area contributed by atoms with Gasteiger partial charge in [0.15, 0.2) is 0 Å². The third-order valence-electron chi connectivity index (χ3n) is 2.79. The number of carbonyl (C=O) groups excluding carboxylic acids is 2. The normalized spacial score (nSPS) is 10.4. The average molecular weight is 292 g/mol. The van der Waals surface area contributed by atoms with Crippen LogP contribution in [0.5, 0.6) is 0 Å². The standard InChI is InChI=1S/C13H16N4O4/c1-8-11(13(19)20-2)3-10(21-8)5-15-9-4-16-17(6-9)7-12(14)18/h3-4,6,15H,5,7H2,1-2H3,(H2,14,18). The summed E-state index contributed by atoms with van der Waals surface area (Å²) < 4.78 is 11.6. The van der Waals surface area contributed by atoms with E-state index in [-0.39, 0.29) is 6.54 Å². The van der Waals surface area contributed by atoms with Gasteiger partial charge in [-0.15, -0.1) is 0 Å². The van der Waals surface area contributed by atoms with Crippen LogP contribution in [0, 0.1) is 6.92 Å². The van der Waals surface area contributed by atoms with Crippen molar-refractivity contribution >= 4 is 17.6 Å². The minimum atomic E-state index is -0.464. The van der Waals surface area contributed by atoms with E-state index in [1.54, 1.807) is 25.4 Å². The number of hydrogen-bond acceptors (Lipinski definition) is 6. The van der Waals surface area contributed by atoms with Gasteiger partial charge in [0.1, 0.15) is 23.6 Å². The molecule has 0 atom stereocenters. The first-order chi connectivity index (χ1) is 9.99. The number of nitrogens with zero attached hydrogens (tertiary/aromatic N) is 2. The fourth-order valence-electron chi connectivity index (χ4n) is 1.83. The van der Waals surface area contributed by atoms with Crippen LogP contribution in [0.1, 0.15) is 21.9 Å². The number of furan rings is 1. The fraction of sp³-hybridized carbons (Fsp3) is 0.308. The van der Waals surface area contributed by atoms with Gasteiger partial charge in [0.05, 0.1) is 25.5 Å². The fourth-order valence-corrected chi connectivity index (χ4v) is 1.83. The number of nitrogens with one attached hydrogen (secondary N) is 1. The van der Waals surface area contributed by atoms with Crippen molar-refractivity contribution in [2.24, 2.45) is 5.73 Å². The largest absolute Gasteiger partial charge is 0.465 e. The zero-order valence-corrected chi connectivity index (χ0v) is 11.8. The zero-order chi connectivity index (χ0) is 15.4. The molecule has 1 amide bonds. The summed E-state index contributed by atoms with van der Waals surface area (Å²) in [5, 5.41) is 7.05. The van der Waals surface area contributed by atoms with Crippen molar-refractivity contribution in [2.45, 2.75) is 20.0 Å². The smallest absolute Gasteiger partial charge is 0.341 e. The van der Waals surface area contributed by atoms with Crippen LogP contribution in [0.4, 0.5) is 5.69 Å². The molecule has 0 aliphatic rings. The van der Waals surface area contributed by atoms with Crippen molar-refractivity contribution < 1.29 is 18.7 Å². The zero-order valence-electron chi connectivity index (χ0n) is 11.8. The lowest BCUT2D eigenvalue weighted by Gasteiger charge is -1.99. The molecule has 0 spiro atoms. The second kappa shape index (κ2) is 6.12. The average Bonchev–Trinajstić information content (AvgIpc) is 3.01. The Morgan fingerprint density at radius 1 is 1.52 bits per heavy atom. The van der Waals surface area contributed by atoms with Gasteiger partial charge >= 0.3 is 5.97 Å². The number of aromatic nitrogens is 2. The number of esters is 1. The first-order valence-corrected chi connectivity index (χ1v) is 6.22. The van der Waals surface area contributed by atoms with Crippen molar-refractivity contribution in [2.75, 3.05) is 12.4 Å². The maximum absolute atomic E-state index is 11.5. The summed E-state index contributed by atoms with van der Waals surface area (Å²) in [6.07, 6.45) is 3.22. The molecule has 0 saturated heterocycles. The van der Waals surface area contributed by atoms with Crippen LogP contribution in [-0.2, 0) is 22.6 Å². The Bertz CT molecular complexity index is 659. The van der Waals surface area contributed by atoms with E-state index in [0.717, 1.165) is 0 Å². The monoisotopic (exact) mass is 292 g/mol. The summed E-state index contributed by atoms with van der Waals surface area (Å²) in [5.74, 6) is 0.199. The molecule has 3 N–H and O–H groups in total. The van der Waals surface area contributed by atoms with Gasteiger partial charge in [-0.1, -0.05) is 0 Å². The number of amides is 1. The van der Waals surface area contributed by atoms with Crippen LogP contribution in [0.25, 0.3) is 0 Å². The molecule has 0 saturated carbocycles. The Morgan fingerprint density at radius 2 is 2.29 bits per heavy atom. The molecule has 8 heteroatoms. The quantitative estimate of drug-likeness (QED) is 0.757.